The summed E-state index contributed by atoms with van der Waals surface area (Å²) in [7, 11) is 0. The number of hydrogen-bond donors (Lipinski definition) is 1. The maximum Gasteiger partial charge on any atom is 0.0702 e. The molecular formula is C17H24BrN3. The van der Waals surface area contributed by atoms with E-state index in [9.17, 15) is 0 Å². The Bertz CT molecular complexity index is 589. The second-order valence-corrected chi connectivity index (χ2v) is 6.51. The zero-order valence-corrected chi connectivity index (χ0v) is 14.8. The number of nitrogens with one attached hydrogen (secondary N) is 1. The van der Waals surface area contributed by atoms with E-state index in [1.165, 1.54) is 16.8 Å². The van der Waals surface area contributed by atoms with E-state index >= 15 is 0 Å². The van der Waals surface area contributed by atoms with E-state index in [2.05, 4.69) is 83.0 Å². The molecule has 1 aromatic heterocycles. The van der Waals surface area contributed by atoms with Crippen molar-refractivity contribution in [1.82, 2.24) is 15.1 Å². The van der Waals surface area contributed by atoms with Gasteiger partial charge in [-0.1, -0.05) is 31.2 Å². The van der Waals surface area contributed by atoms with Gasteiger partial charge in [0.15, 0.2) is 0 Å². The molecule has 4 heteroatoms. The second kappa shape index (κ2) is 7.23. The monoisotopic (exact) mass is 349 g/mol. The highest BCUT2D eigenvalue weighted by molar-refractivity contribution is 9.10. The zero-order valence-electron chi connectivity index (χ0n) is 13.2. The standard InChI is InChI=1S/C17H24BrN3/c1-5-19-16(10-14-9-7-6-8-13(14)4)17-15(18)11-20-21(17)12(2)3/h6-9,11-12,16,19H,5,10H2,1-4H3. The van der Waals surface area contributed by atoms with Gasteiger partial charge in [0, 0.05) is 6.04 Å². The van der Waals surface area contributed by atoms with Gasteiger partial charge >= 0.3 is 0 Å². The Morgan fingerprint density at radius 2 is 2.00 bits per heavy atom. The average molecular weight is 350 g/mol. The lowest BCUT2D eigenvalue weighted by atomic mass is 9.99. The highest BCUT2D eigenvalue weighted by atomic mass is 79.9. The smallest absolute Gasteiger partial charge is 0.0702 e. The summed E-state index contributed by atoms with van der Waals surface area (Å²) in [6, 6.07) is 9.20. The molecule has 1 unspecified atom stereocenters. The molecule has 0 fully saturated rings. The van der Waals surface area contributed by atoms with Crippen molar-refractivity contribution in [2.24, 2.45) is 0 Å². The van der Waals surface area contributed by atoms with Crippen molar-refractivity contribution >= 4 is 15.9 Å². The number of aromatic nitrogens is 2. The summed E-state index contributed by atoms with van der Waals surface area (Å²) in [5, 5.41) is 8.12. The van der Waals surface area contributed by atoms with Crippen LogP contribution in [0.3, 0.4) is 0 Å². The normalized spacial score (nSPS) is 12.9. The predicted molar refractivity (Wildman–Crippen MR) is 91.6 cm³/mol. The largest absolute Gasteiger partial charge is 0.309 e. The molecule has 0 aliphatic heterocycles. The summed E-state index contributed by atoms with van der Waals surface area (Å²) in [6.07, 6.45) is 2.87. The third-order valence-corrected chi connectivity index (χ3v) is 4.35. The fourth-order valence-electron chi connectivity index (χ4n) is 2.66. The molecule has 1 N–H and O–H groups in total. The lowest BCUT2D eigenvalue weighted by Gasteiger charge is -2.22. The van der Waals surface area contributed by atoms with Crippen LogP contribution in [0, 0.1) is 6.92 Å². The van der Waals surface area contributed by atoms with Gasteiger partial charge in [0.25, 0.3) is 0 Å². The summed E-state index contributed by atoms with van der Waals surface area (Å²) in [4.78, 5) is 0. The number of rotatable bonds is 6. The number of nitrogens with zero attached hydrogens (tertiary/aromatic N) is 2. The molecule has 0 saturated heterocycles. The first-order chi connectivity index (χ1) is 10.0. The molecule has 1 heterocycles. The molecule has 21 heavy (non-hydrogen) atoms. The molecule has 2 aromatic rings. The minimum atomic E-state index is 0.260. The Morgan fingerprint density at radius 1 is 1.29 bits per heavy atom. The summed E-state index contributed by atoms with van der Waals surface area (Å²) < 4.78 is 3.19. The quantitative estimate of drug-likeness (QED) is 0.835. The van der Waals surface area contributed by atoms with Gasteiger partial charge in [-0.05, 0) is 60.8 Å². The molecule has 0 spiro atoms. The number of likely N-dealkylation sites (N-methyl/N-ethyl adjacent to an activating group) is 1. The van der Waals surface area contributed by atoms with Crippen molar-refractivity contribution in [2.75, 3.05) is 6.54 Å². The van der Waals surface area contributed by atoms with Gasteiger partial charge in [0.2, 0.25) is 0 Å². The van der Waals surface area contributed by atoms with Crippen LogP contribution in [0.25, 0.3) is 0 Å². The minimum Gasteiger partial charge on any atom is -0.309 e. The first kappa shape index (κ1) is 16.2. The molecule has 0 aliphatic rings. The zero-order chi connectivity index (χ0) is 15.4. The highest BCUT2D eigenvalue weighted by Crippen LogP contribution is 2.29. The van der Waals surface area contributed by atoms with Crippen LogP contribution in [0.1, 0.15) is 49.7 Å². The van der Waals surface area contributed by atoms with E-state index in [-0.39, 0.29) is 6.04 Å². The van der Waals surface area contributed by atoms with Crippen molar-refractivity contribution in [3.8, 4) is 0 Å². The Morgan fingerprint density at radius 3 is 2.62 bits per heavy atom. The van der Waals surface area contributed by atoms with Gasteiger partial charge in [0.05, 0.1) is 22.4 Å². The van der Waals surface area contributed by atoms with Crippen molar-refractivity contribution in [3.05, 3.63) is 51.8 Å². The number of halogens is 1. The maximum absolute atomic E-state index is 4.51. The predicted octanol–water partition coefficient (Wildman–Crippen LogP) is 4.43. The van der Waals surface area contributed by atoms with Crippen LogP contribution in [0.15, 0.2) is 34.9 Å². The Labute approximate surface area is 135 Å². The molecule has 1 atom stereocenters. The molecule has 1 aromatic carbocycles. The molecule has 0 amide bonds. The number of hydrogen-bond acceptors (Lipinski definition) is 2. The van der Waals surface area contributed by atoms with Gasteiger partial charge in [-0.15, -0.1) is 0 Å². The lowest BCUT2D eigenvalue weighted by Crippen LogP contribution is -2.27. The van der Waals surface area contributed by atoms with Crippen LogP contribution in [0.4, 0.5) is 0 Å². The molecule has 3 nitrogen and oxygen atoms in total. The van der Waals surface area contributed by atoms with Crippen molar-refractivity contribution in [2.45, 2.75) is 46.2 Å². The van der Waals surface area contributed by atoms with Crippen molar-refractivity contribution < 1.29 is 0 Å². The van der Waals surface area contributed by atoms with Crippen molar-refractivity contribution in [1.29, 1.82) is 0 Å². The SMILES string of the molecule is CCNC(Cc1ccccc1C)c1c(Br)cnn1C(C)C. The first-order valence-corrected chi connectivity index (χ1v) is 8.34. The topological polar surface area (TPSA) is 29.9 Å². The van der Waals surface area contributed by atoms with E-state index in [1.807, 2.05) is 6.20 Å². The molecule has 0 bridgehead atoms. The Balaban J connectivity index is 2.36. The van der Waals surface area contributed by atoms with E-state index < -0.39 is 0 Å². The van der Waals surface area contributed by atoms with Gasteiger partial charge in [0.1, 0.15) is 0 Å². The molecule has 0 aliphatic carbocycles. The van der Waals surface area contributed by atoms with Crippen LogP contribution in [-0.4, -0.2) is 16.3 Å². The summed E-state index contributed by atoms with van der Waals surface area (Å²) in [6.45, 7) is 9.59. The summed E-state index contributed by atoms with van der Waals surface area (Å²) in [5.41, 5.74) is 3.95. The average Bonchev–Trinajstić information content (AvgIpc) is 2.82. The van der Waals surface area contributed by atoms with Crippen LogP contribution < -0.4 is 5.32 Å². The maximum atomic E-state index is 4.51. The summed E-state index contributed by atoms with van der Waals surface area (Å²) >= 11 is 3.66. The molecule has 0 saturated carbocycles. The van der Waals surface area contributed by atoms with Crippen molar-refractivity contribution in [3.63, 3.8) is 0 Å². The third-order valence-electron chi connectivity index (χ3n) is 3.74. The Hall–Kier alpha value is -1.13. The van der Waals surface area contributed by atoms with Crippen LogP contribution in [-0.2, 0) is 6.42 Å². The van der Waals surface area contributed by atoms with E-state index in [0.29, 0.717) is 6.04 Å². The van der Waals surface area contributed by atoms with E-state index in [4.69, 9.17) is 0 Å². The fourth-order valence-corrected chi connectivity index (χ4v) is 3.21. The van der Waals surface area contributed by atoms with Gasteiger partial charge in [-0.2, -0.15) is 5.10 Å². The van der Waals surface area contributed by atoms with Crippen LogP contribution >= 0.6 is 15.9 Å². The molecule has 0 radical (unpaired) electrons. The lowest BCUT2D eigenvalue weighted by molar-refractivity contribution is 0.446. The molecular weight excluding hydrogens is 326 g/mol. The minimum absolute atomic E-state index is 0.260. The second-order valence-electron chi connectivity index (χ2n) is 5.66. The molecule has 2 rings (SSSR count). The van der Waals surface area contributed by atoms with Crippen LogP contribution in [0.5, 0.6) is 0 Å². The first-order valence-electron chi connectivity index (χ1n) is 7.55. The van der Waals surface area contributed by atoms with Gasteiger partial charge in [-0.25, -0.2) is 0 Å². The highest BCUT2D eigenvalue weighted by Gasteiger charge is 2.21. The van der Waals surface area contributed by atoms with Gasteiger partial charge in [-0.3, -0.25) is 4.68 Å². The molecule has 114 valence electrons. The fraction of sp³-hybridized carbons (Fsp3) is 0.471. The van der Waals surface area contributed by atoms with E-state index in [1.54, 1.807) is 0 Å². The van der Waals surface area contributed by atoms with Gasteiger partial charge < -0.3 is 5.32 Å². The van der Waals surface area contributed by atoms with Crippen LogP contribution in [0.2, 0.25) is 0 Å². The summed E-state index contributed by atoms with van der Waals surface area (Å²) in [5.74, 6) is 0. The number of benzene rings is 1. The van der Waals surface area contributed by atoms with E-state index in [0.717, 1.165) is 17.4 Å². The Kier molecular flexibility index (Phi) is 5.59. The number of aryl methyl sites for hydroxylation is 1. The third kappa shape index (κ3) is 3.74.